The molecule has 0 spiro atoms. The average molecular weight is 375 g/mol. The molecule has 2 saturated heterocycles. The second-order valence-corrected chi connectivity index (χ2v) is 7.68. The Morgan fingerprint density at radius 2 is 1.19 bits per heavy atom. The molecule has 4 rings (SSSR count). The van der Waals surface area contributed by atoms with Crippen molar-refractivity contribution < 1.29 is 17.6 Å². The molecular formula is C22H21F4N. The standard InChI is InChI=1S/C22H21F4N/c1-27-20-2-3-21(27)5-13(4-20)6-22(14-7-16(23)11-17(24)8-14)15-9-18(25)12-19(26)10-15/h6-13,20-21H,2-5H2,1H3/t13-,20+,21-. The predicted molar refractivity (Wildman–Crippen MR) is 97.1 cm³/mol. The summed E-state index contributed by atoms with van der Waals surface area (Å²) >= 11 is 0. The summed E-state index contributed by atoms with van der Waals surface area (Å²) in [5.74, 6) is -2.65. The van der Waals surface area contributed by atoms with Crippen molar-refractivity contribution in [1.82, 2.24) is 4.90 Å². The SMILES string of the molecule is CN1[C@@H]2CC[C@H]1C[C@@H](C=C(c1cc(F)cc(F)c1)c1cc(F)cc(F)c1)C2. The van der Waals surface area contributed by atoms with Crippen LogP contribution in [0.4, 0.5) is 17.6 Å². The molecule has 1 nitrogen and oxygen atoms in total. The van der Waals surface area contributed by atoms with Gasteiger partial charge in [-0.25, -0.2) is 17.6 Å². The lowest BCUT2D eigenvalue weighted by atomic mass is 9.86. The Bertz CT molecular complexity index is 784. The summed E-state index contributed by atoms with van der Waals surface area (Å²) in [4.78, 5) is 2.40. The summed E-state index contributed by atoms with van der Waals surface area (Å²) in [6.07, 6.45) is 6.10. The zero-order chi connectivity index (χ0) is 19.1. The molecule has 2 aliphatic rings. The van der Waals surface area contributed by atoms with Crippen LogP contribution in [0.1, 0.15) is 36.8 Å². The molecule has 142 valence electrons. The third-order valence-electron chi connectivity index (χ3n) is 5.88. The molecule has 2 heterocycles. The fraction of sp³-hybridized carbons (Fsp3) is 0.364. The van der Waals surface area contributed by atoms with Gasteiger partial charge in [-0.1, -0.05) is 6.08 Å². The molecule has 2 aromatic rings. The molecule has 0 saturated carbocycles. The molecule has 0 N–H and O–H groups in total. The van der Waals surface area contributed by atoms with Crippen LogP contribution < -0.4 is 0 Å². The van der Waals surface area contributed by atoms with Crippen LogP contribution in [-0.2, 0) is 0 Å². The van der Waals surface area contributed by atoms with Crippen molar-refractivity contribution in [3.8, 4) is 0 Å². The van der Waals surface area contributed by atoms with Crippen LogP contribution in [0.15, 0.2) is 42.5 Å². The number of fused-ring (bicyclic) bond motifs is 2. The first-order valence-corrected chi connectivity index (χ1v) is 9.26. The van der Waals surface area contributed by atoms with Crippen molar-refractivity contribution in [2.45, 2.75) is 37.8 Å². The largest absolute Gasteiger partial charge is 0.300 e. The summed E-state index contributed by atoms with van der Waals surface area (Å²) in [5, 5.41) is 0. The van der Waals surface area contributed by atoms with Crippen LogP contribution in [0, 0.1) is 29.2 Å². The van der Waals surface area contributed by atoms with Crippen molar-refractivity contribution in [3.05, 3.63) is 76.9 Å². The summed E-state index contributed by atoms with van der Waals surface area (Å²) < 4.78 is 55.2. The van der Waals surface area contributed by atoms with E-state index < -0.39 is 23.3 Å². The van der Waals surface area contributed by atoms with Gasteiger partial charge in [0.2, 0.25) is 0 Å². The van der Waals surface area contributed by atoms with Crippen LogP contribution in [0.5, 0.6) is 0 Å². The molecule has 2 aromatic carbocycles. The van der Waals surface area contributed by atoms with Crippen molar-refractivity contribution >= 4 is 5.57 Å². The highest BCUT2D eigenvalue weighted by molar-refractivity contribution is 5.80. The molecule has 5 heteroatoms. The second-order valence-electron chi connectivity index (χ2n) is 7.68. The summed E-state index contributed by atoms with van der Waals surface area (Å²) in [5.41, 5.74) is 1.06. The Morgan fingerprint density at radius 1 is 0.778 bits per heavy atom. The van der Waals surface area contributed by atoms with E-state index in [9.17, 15) is 17.6 Å². The van der Waals surface area contributed by atoms with Gasteiger partial charge in [0.25, 0.3) is 0 Å². The topological polar surface area (TPSA) is 3.24 Å². The Labute approximate surface area is 156 Å². The van der Waals surface area contributed by atoms with E-state index in [4.69, 9.17) is 0 Å². The molecule has 3 atom stereocenters. The molecular weight excluding hydrogens is 354 g/mol. The van der Waals surface area contributed by atoms with Crippen molar-refractivity contribution in [3.63, 3.8) is 0 Å². The summed E-state index contributed by atoms with van der Waals surface area (Å²) in [7, 11) is 2.13. The van der Waals surface area contributed by atoms with Gasteiger partial charge in [0.05, 0.1) is 0 Å². The lowest BCUT2D eigenvalue weighted by molar-refractivity contribution is 0.152. The molecule has 2 bridgehead atoms. The van der Waals surface area contributed by atoms with Gasteiger partial charge in [-0.3, -0.25) is 0 Å². The Kier molecular flexibility index (Phi) is 4.81. The number of benzene rings is 2. The maximum absolute atomic E-state index is 13.8. The van der Waals surface area contributed by atoms with Crippen molar-refractivity contribution in [2.75, 3.05) is 7.05 Å². The van der Waals surface area contributed by atoms with Crippen molar-refractivity contribution in [2.24, 2.45) is 5.92 Å². The first-order chi connectivity index (χ1) is 12.9. The minimum atomic E-state index is -0.712. The van der Waals surface area contributed by atoms with Crippen LogP contribution in [-0.4, -0.2) is 24.0 Å². The fourth-order valence-electron chi connectivity index (χ4n) is 4.60. The smallest absolute Gasteiger partial charge is 0.126 e. The van der Waals surface area contributed by atoms with Crippen LogP contribution >= 0.6 is 0 Å². The highest BCUT2D eigenvalue weighted by Crippen LogP contribution is 2.40. The van der Waals surface area contributed by atoms with Crippen molar-refractivity contribution in [1.29, 1.82) is 0 Å². The molecule has 2 fully saturated rings. The molecule has 0 radical (unpaired) electrons. The zero-order valence-corrected chi connectivity index (χ0v) is 15.1. The maximum Gasteiger partial charge on any atom is 0.126 e. The monoisotopic (exact) mass is 375 g/mol. The second kappa shape index (κ2) is 7.12. The van der Waals surface area contributed by atoms with Crippen LogP contribution in [0.25, 0.3) is 5.57 Å². The van der Waals surface area contributed by atoms with Gasteiger partial charge < -0.3 is 4.90 Å². The van der Waals surface area contributed by atoms with E-state index in [-0.39, 0.29) is 5.92 Å². The minimum Gasteiger partial charge on any atom is -0.300 e. The number of piperidine rings is 1. The quantitative estimate of drug-likeness (QED) is 0.636. The molecule has 0 unspecified atom stereocenters. The first kappa shape index (κ1) is 18.2. The van der Waals surface area contributed by atoms with E-state index >= 15 is 0 Å². The van der Waals surface area contributed by atoms with Crippen LogP contribution in [0.2, 0.25) is 0 Å². The highest BCUT2D eigenvalue weighted by atomic mass is 19.1. The fourth-order valence-corrected chi connectivity index (χ4v) is 4.60. The van der Waals surface area contributed by atoms with E-state index in [1.54, 1.807) is 0 Å². The Balaban J connectivity index is 1.78. The number of allylic oxidation sites excluding steroid dienone is 1. The van der Waals surface area contributed by atoms with E-state index in [0.29, 0.717) is 28.8 Å². The highest BCUT2D eigenvalue weighted by Gasteiger charge is 2.37. The third-order valence-corrected chi connectivity index (χ3v) is 5.88. The Morgan fingerprint density at radius 3 is 1.59 bits per heavy atom. The lowest BCUT2D eigenvalue weighted by Gasteiger charge is -2.35. The maximum atomic E-state index is 13.8. The van der Waals surface area contributed by atoms with Crippen LogP contribution in [0.3, 0.4) is 0 Å². The third kappa shape index (κ3) is 3.79. The average Bonchev–Trinajstić information content (AvgIpc) is 2.79. The molecule has 0 amide bonds. The predicted octanol–water partition coefficient (Wildman–Crippen LogP) is 5.55. The van der Waals surface area contributed by atoms with Gasteiger partial charge in [0.1, 0.15) is 23.3 Å². The molecule has 27 heavy (non-hydrogen) atoms. The van der Waals surface area contributed by atoms with Gasteiger partial charge in [0.15, 0.2) is 0 Å². The number of rotatable bonds is 3. The minimum absolute atomic E-state index is 0.200. The summed E-state index contributed by atoms with van der Waals surface area (Å²) in [6.45, 7) is 0. The van der Waals surface area contributed by atoms with E-state index in [2.05, 4.69) is 11.9 Å². The van der Waals surface area contributed by atoms with Gasteiger partial charge in [-0.2, -0.15) is 0 Å². The van der Waals surface area contributed by atoms with Gasteiger partial charge in [-0.15, -0.1) is 0 Å². The summed E-state index contributed by atoms with van der Waals surface area (Å²) in [6, 6.07) is 7.40. The first-order valence-electron chi connectivity index (χ1n) is 9.26. The normalized spacial score (nSPS) is 24.9. The van der Waals surface area contributed by atoms with E-state index in [1.807, 2.05) is 6.08 Å². The molecule has 2 aliphatic heterocycles. The molecule has 0 aromatic heterocycles. The number of hydrogen-bond donors (Lipinski definition) is 0. The number of halogens is 4. The van der Waals surface area contributed by atoms with Gasteiger partial charge >= 0.3 is 0 Å². The van der Waals surface area contributed by atoms with E-state index in [0.717, 1.165) is 37.8 Å². The zero-order valence-electron chi connectivity index (χ0n) is 15.1. The van der Waals surface area contributed by atoms with E-state index in [1.165, 1.54) is 24.3 Å². The van der Waals surface area contributed by atoms with Gasteiger partial charge in [-0.05, 0) is 79.6 Å². The lowest BCUT2D eigenvalue weighted by Crippen LogP contribution is -2.39. The molecule has 0 aliphatic carbocycles. The Hall–Kier alpha value is -2.14. The number of hydrogen-bond acceptors (Lipinski definition) is 1. The van der Waals surface area contributed by atoms with Gasteiger partial charge in [0, 0.05) is 24.2 Å². The number of nitrogens with zero attached hydrogens (tertiary/aromatic N) is 1.